The quantitative estimate of drug-likeness (QED) is 0.910. The Bertz CT molecular complexity index is 659. The third-order valence-electron chi connectivity index (χ3n) is 3.90. The van der Waals surface area contributed by atoms with E-state index >= 15 is 0 Å². The highest BCUT2D eigenvalue weighted by Crippen LogP contribution is 2.35. The van der Waals surface area contributed by atoms with Crippen LogP contribution in [0.25, 0.3) is 0 Å². The summed E-state index contributed by atoms with van der Waals surface area (Å²) in [4.78, 5) is 0. The summed E-state index contributed by atoms with van der Waals surface area (Å²) in [5.74, 6) is 0.845. The van der Waals surface area contributed by atoms with Gasteiger partial charge in [0, 0.05) is 16.8 Å². The number of fused-ring (bicyclic) bond motifs is 1. The summed E-state index contributed by atoms with van der Waals surface area (Å²) in [6.07, 6.45) is 1.69. The standard InChI is InChI=1S/C17H17BrFNO/c18-15-7-12-4-5-21-17(12)13(8-15)6-14(10-20)11-2-1-3-16(19)9-11/h1-3,7-9,14H,4-6,10,20H2. The Kier molecular flexibility index (Phi) is 4.27. The summed E-state index contributed by atoms with van der Waals surface area (Å²) < 4.78 is 20.2. The van der Waals surface area contributed by atoms with Crippen molar-refractivity contribution in [1.29, 1.82) is 0 Å². The molecule has 0 saturated carbocycles. The predicted molar refractivity (Wildman–Crippen MR) is 85.2 cm³/mol. The molecular weight excluding hydrogens is 333 g/mol. The van der Waals surface area contributed by atoms with E-state index in [2.05, 4.69) is 28.1 Å². The van der Waals surface area contributed by atoms with Crippen LogP contribution in [-0.2, 0) is 12.8 Å². The molecule has 1 aliphatic rings. The molecular formula is C17H17BrFNO. The van der Waals surface area contributed by atoms with Crippen molar-refractivity contribution in [1.82, 2.24) is 0 Å². The van der Waals surface area contributed by atoms with E-state index in [9.17, 15) is 4.39 Å². The zero-order chi connectivity index (χ0) is 14.8. The van der Waals surface area contributed by atoms with Crippen molar-refractivity contribution in [3.05, 3.63) is 63.4 Å². The minimum atomic E-state index is -0.221. The van der Waals surface area contributed by atoms with E-state index in [1.54, 1.807) is 12.1 Å². The molecule has 21 heavy (non-hydrogen) atoms. The number of ether oxygens (including phenoxy) is 1. The SMILES string of the molecule is NCC(Cc1cc(Br)cc2c1OCC2)c1cccc(F)c1. The van der Waals surface area contributed by atoms with Gasteiger partial charge in [0.1, 0.15) is 11.6 Å². The molecule has 110 valence electrons. The molecule has 1 heterocycles. The van der Waals surface area contributed by atoms with Crippen LogP contribution in [0.1, 0.15) is 22.6 Å². The van der Waals surface area contributed by atoms with Gasteiger partial charge >= 0.3 is 0 Å². The highest BCUT2D eigenvalue weighted by atomic mass is 79.9. The van der Waals surface area contributed by atoms with Crippen LogP contribution in [0.2, 0.25) is 0 Å². The van der Waals surface area contributed by atoms with Gasteiger partial charge in [-0.3, -0.25) is 0 Å². The maximum Gasteiger partial charge on any atom is 0.125 e. The molecule has 0 spiro atoms. The van der Waals surface area contributed by atoms with Gasteiger partial charge < -0.3 is 10.5 Å². The molecule has 1 atom stereocenters. The molecule has 1 unspecified atom stereocenters. The summed E-state index contributed by atoms with van der Waals surface area (Å²) in [5.41, 5.74) is 9.21. The van der Waals surface area contributed by atoms with Crippen LogP contribution >= 0.6 is 15.9 Å². The molecule has 1 aliphatic heterocycles. The third kappa shape index (κ3) is 3.11. The van der Waals surface area contributed by atoms with Crippen molar-refractivity contribution in [3.8, 4) is 5.75 Å². The van der Waals surface area contributed by atoms with E-state index in [0.717, 1.165) is 40.8 Å². The number of hydrogen-bond donors (Lipinski definition) is 1. The summed E-state index contributed by atoms with van der Waals surface area (Å²) in [7, 11) is 0. The van der Waals surface area contributed by atoms with Crippen molar-refractivity contribution in [2.45, 2.75) is 18.8 Å². The number of halogens is 2. The molecule has 2 aromatic rings. The minimum Gasteiger partial charge on any atom is -0.493 e. The first-order chi connectivity index (χ1) is 10.2. The van der Waals surface area contributed by atoms with Crippen LogP contribution in [-0.4, -0.2) is 13.2 Å². The van der Waals surface area contributed by atoms with Crippen molar-refractivity contribution in [3.63, 3.8) is 0 Å². The number of benzene rings is 2. The lowest BCUT2D eigenvalue weighted by atomic mass is 9.91. The zero-order valence-corrected chi connectivity index (χ0v) is 13.2. The molecule has 2 aromatic carbocycles. The van der Waals surface area contributed by atoms with Crippen LogP contribution in [0, 0.1) is 5.82 Å². The highest BCUT2D eigenvalue weighted by molar-refractivity contribution is 9.10. The van der Waals surface area contributed by atoms with Gasteiger partial charge in [0.05, 0.1) is 6.61 Å². The third-order valence-corrected chi connectivity index (χ3v) is 4.35. The fraction of sp³-hybridized carbons (Fsp3) is 0.294. The average molecular weight is 350 g/mol. The van der Waals surface area contributed by atoms with Gasteiger partial charge in [-0.2, -0.15) is 0 Å². The first-order valence-corrected chi connectivity index (χ1v) is 7.86. The number of hydrogen-bond acceptors (Lipinski definition) is 2. The summed E-state index contributed by atoms with van der Waals surface area (Å²) >= 11 is 3.55. The van der Waals surface area contributed by atoms with Gasteiger partial charge in [0.15, 0.2) is 0 Å². The van der Waals surface area contributed by atoms with Crippen molar-refractivity contribution in [2.75, 3.05) is 13.2 Å². The van der Waals surface area contributed by atoms with E-state index in [4.69, 9.17) is 10.5 Å². The Labute approximate surface area is 132 Å². The molecule has 0 aliphatic carbocycles. The Balaban J connectivity index is 1.91. The Hall–Kier alpha value is -1.39. The van der Waals surface area contributed by atoms with Gasteiger partial charge in [0.2, 0.25) is 0 Å². The normalized spacial score (nSPS) is 14.6. The molecule has 0 aromatic heterocycles. The summed E-state index contributed by atoms with van der Waals surface area (Å²) in [5, 5.41) is 0. The predicted octanol–water partition coefficient (Wildman–Crippen LogP) is 3.81. The van der Waals surface area contributed by atoms with E-state index in [1.807, 2.05) is 6.07 Å². The molecule has 0 radical (unpaired) electrons. The van der Waals surface area contributed by atoms with Gasteiger partial charge in [0.25, 0.3) is 0 Å². The van der Waals surface area contributed by atoms with E-state index < -0.39 is 0 Å². The van der Waals surface area contributed by atoms with Crippen molar-refractivity contribution >= 4 is 15.9 Å². The zero-order valence-electron chi connectivity index (χ0n) is 11.6. The molecule has 0 bridgehead atoms. The first kappa shape index (κ1) is 14.5. The van der Waals surface area contributed by atoms with Crippen LogP contribution in [0.3, 0.4) is 0 Å². The summed E-state index contributed by atoms with van der Waals surface area (Å²) in [6, 6.07) is 10.9. The van der Waals surface area contributed by atoms with Crippen molar-refractivity contribution in [2.24, 2.45) is 5.73 Å². The van der Waals surface area contributed by atoms with Gasteiger partial charge in [-0.15, -0.1) is 0 Å². The largest absolute Gasteiger partial charge is 0.493 e. The smallest absolute Gasteiger partial charge is 0.125 e. The van der Waals surface area contributed by atoms with Crippen LogP contribution in [0.15, 0.2) is 40.9 Å². The fourth-order valence-corrected chi connectivity index (χ4v) is 3.41. The molecule has 4 heteroatoms. The van der Waals surface area contributed by atoms with Crippen LogP contribution in [0.5, 0.6) is 5.75 Å². The topological polar surface area (TPSA) is 35.2 Å². The fourth-order valence-electron chi connectivity index (χ4n) is 2.86. The molecule has 2 nitrogen and oxygen atoms in total. The Morgan fingerprint density at radius 3 is 2.90 bits per heavy atom. The van der Waals surface area contributed by atoms with E-state index in [-0.39, 0.29) is 11.7 Å². The van der Waals surface area contributed by atoms with Gasteiger partial charge in [-0.1, -0.05) is 28.1 Å². The monoisotopic (exact) mass is 349 g/mol. The second-order valence-electron chi connectivity index (χ2n) is 5.34. The van der Waals surface area contributed by atoms with Crippen LogP contribution < -0.4 is 10.5 Å². The Morgan fingerprint density at radius 1 is 1.29 bits per heavy atom. The summed E-state index contributed by atoms with van der Waals surface area (Å²) in [6.45, 7) is 1.21. The maximum atomic E-state index is 13.4. The van der Waals surface area contributed by atoms with Gasteiger partial charge in [-0.05, 0) is 53.9 Å². The van der Waals surface area contributed by atoms with Crippen LogP contribution in [0.4, 0.5) is 4.39 Å². The molecule has 0 saturated heterocycles. The molecule has 0 fully saturated rings. The van der Waals surface area contributed by atoms with E-state index in [0.29, 0.717) is 6.54 Å². The maximum absolute atomic E-state index is 13.4. The average Bonchev–Trinajstić information content (AvgIpc) is 2.92. The molecule has 3 rings (SSSR count). The lowest BCUT2D eigenvalue weighted by Crippen LogP contribution is -2.15. The van der Waals surface area contributed by atoms with Gasteiger partial charge in [-0.25, -0.2) is 4.39 Å². The number of rotatable bonds is 4. The molecule has 0 amide bonds. The Morgan fingerprint density at radius 2 is 2.14 bits per heavy atom. The van der Waals surface area contributed by atoms with E-state index in [1.165, 1.54) is 11.6 Å². The second-order valence-corrected chi connectivity index (χ2v) is 6.26. The lowest BCUT2D eigenvalue weighted by Gasteiger charge is -2.17. The first-order valence-electron chi connectivity index (χ1n) is 7.07. The second kappa shape index (κ2) is 6.16. The highest BCUT2D eigenvalue weighted by Gasteiger charge is 2.20. The lowest BCUT2D eigenvalue weighted by molar-refractivity contribution is 0.352. The molecule has 2 N–H and O–H groups in total. The van der Waals surface area contributed by atoms with Crippen molar-refractivity contribution < 1.29 is 9.13 Å². The minimum absolute atomic E-state index is 0.0864. The number of nitrogens with two attached hydrogens (primary N) is 1.